The van der Waals surface area contributed by atoms with Crippen LogP contribution in [-0.4, -0.2) is 47.7 Å². The van der Waals surface area contributed by atoms with Gasteiger partial charge in [-0.1, -0.05) is 29.3 Å². The van der Waals surface area contributed by atoms with Crippen molar-refractivity contribution in [1.82, 2.24) is 5.32 Å². The third-order valence-electron chi connectivity index (χ3n) is 4.30. The average Bonchev–Trinajstić information content (AvgIpc) is 2.71. The van der Waals surface area contributed by atoms with Gasteiger partial charge in [0.1, 0.15) is 17.2 Å². The van der Waals surface area contributed by atoms with E-state index in [2.05, 4.69) is 5.32 Å². The molecule has 2 aromatic carbocycles. The van der Waals surface area contributed by atoms with Crippen LogP contribution in [0.1, 0.15) is 18.9 Å². The predicted octanol–water partition coefficient (Wildman–Crippen LogP) is 4.05. The molecule has 2 aromatic rings. The molecule has 0 aliphatic carbocycles. The molecule has 31 heavy (non-hydrogen) atoms. The molecule has 10 heteroatoms. The van der Waals surface area contributed by atoms with Gasteiger partial charge >= 0.3 is 0 Å². The number of benzene rings is 2. The number of amides is 1. The minimum atomic E-state index is -4.18. The third-order valence-corrected chi connectivity index (χ3v) is 6.53. The zero-order valence-corrected chi connectivity index (χ0v) is 20.0. The zero-order chi connectivity index (χ0) is 23.0. The fourth-order valence-electron chi connectivity index (χ4n) is 2.84. The van der Waals surface area contributed by atoms with Crippen LogP contribution in [0.5, 0.6) is 5.75 Å². The van der Waals surface area contributed by atoms with E-state index in [-0.39, 0.29) is 26.4 Å². The molecule has 0 saturated heterocycles. The van der Waals surface area contributed by atoms with E-state index in [4.69, 9.17) is 32.7 Å². The molecule has 0 bridgehead atoms. The molecule has 0 saturated carbocycles. The summed E-state index contributed by atoms with van der Waals surface area (Å²) < 4.78 is 38.7. The second-order valence-electron chi connectivity index (χ2n) is 6.69. The standard InChI is InChI=1S/C21H26Cl2N2O5S/c1-4-30-9-5-8-24-21(26)14-25(18-12-16(22)11-17(23)13-18)31(27,28)20-10-15(2)6-7-19(20)29-3/h6-7,10-13H,4-5,8-9,14H2,1-3H3,(H,24,26). The van der Waals surface area contributed by atoms with Crippen molar-refractivity contribution in [3.8, 4) is 5.75 Å². The number of sulfonamides is 1. The van der Waals surface area contributed by atoms with Crippen molar-refractivity contribution in [2.75, 3.05) is 37.7 Å². The first-order valence-electron chi connectivity index (χ1n) is 9.67. The Morgan fingerprint density at radius 3 is 2.42 bits per heavy atom. The van der Waals surface area contributed by atoms with Crippen molar-refractivity contribution in [2.24, 2.45) is 0 Å². The Labute approximate surface area is 193 Å². The fourth-order valence-corrected chi connectivity index (χ4v) is 5.00. The van der Waals surface area contributed by atoms with E-state index in [1.165, 1.54) is 31.4 Å². The number of carbonyl (C=O) groups is 1. The maximum absolute atomic E-state index is 13.6. The van der Waals surface area contributed by atoms with E-state index in [0.29, 0.717) is 26.2 Å². The Morgan fingerprint density at radius 1 is 1.13 bits per heavy atom. The first kappa shape index (κ1) is 25.3. The highest BCUT2D eigenvalue weighted by molar-refractivity contribution is 7.93. The van der Waals surface area contributed by atoms with E-state index < -0.39 is 22.5 Å². The summed E-state index contributed by atoms with van der Waals surface area (Å²) in [5.41, 5.74) is 0.898. The number of rotatable bonds is 11. The van der Waals surface area contributed by atoms with Crippen LogP contribution in [-0.2, 0) is 19.6 Å². The van der Waals surface area contributed by atoms with Gasteiger partial charge in [0.2, 0.25) is 5.91 Å². The normalized spacial score (nSPS) is 11.3. The van der Waals surface area contributed by atoms with Gasteiger partial charge in [0.25, 0.3) is 10.0 Å². The molecule has 2 rings (SSSR count). The summed E-state index contributed by atoms with van der Waals surface area (Å²) >= 11 is 12.2. The number of anilines is 1. The molecule has 0 aliphatic rings. The van der Waals surface area contributed by atoms with Gasteiger partial charge in [-0.25, -0.2) is 8.42 Å². The first-order chi connectivity index (χ1) is 14.7. The molecular formula is C21H26Cl2N2O5S. The number of aryl methyl sites for hydroxylation is 1. The Kier molecular flexibility index (Phi) is 9.43. The highest BCUT2D eigenvalue weighted by Crippen LogP contribution is 2.33. The van der Waals surface area contributed by atoms with Crippen LogP contribution in [0.4, 0.5) is 5.69 Å². The second-order valence-corrected chi connectivity index (χ2v) is 9.40. The minimum absolute atomic E-state index is 0.0600. The summed E-state index contributed by atoms with van der Waals surface area (Å²) in [6, 6.07) is 9.17. The van der Waals surface area contributed by atoms with Gasteiger partial charge in [-0.05, 0) is 56.2 Å². The largest absolute Gasteiger partial charge is 0.495 e. The minimum Gasteiger partial charge on any atom is -0.495 e. The Bertz CT molecular complexity index is 995. The van der Waals surface area contributed by atoms with Gasteiger partial charge in [-0.2, -0.15) is 0 Å². The van der Waals surface area contributed by atoms with Crippen molar-refractivity contribution in [3.05, 3.63) is 52.0 Å². The molecule has 0 aromatic heterocycles. The van der Waals surface area contributed by atoms with E-state index in [0.717, 1.165) is 9.87 Å². The molecule has 1 N–H and O–H groups in total. The van der Waals surface area contributed by atoms with Crippen LogP contribution >= 0.6 is 23.2 Å². The summed E-state index contributed by atoms with van der Waals surface area (Å²) in [5.74, 6) is -0.302. The average molecular weight is 489 g/mol. The maximum atomic E-state index is 13.6. The lowest BCUT2D eigenvalue weighted by Gasteiger charge is -2.25. The lowest BCUT2D eigenvalue weighted by Crippen LogP contribution is -2.41. The van der Waals surface area contributed by atoms with Gasteiger partial charge in [-0.3, -0.25) is 9.10 Å². The molecule has 0 fully saturated rings. The molecule has 0 atom stereocenters. The highest BCUT2D eigenvalue weighted by atomic mass is 35.5. The number of nitrogens with one attached hydrogen (secondary N) is 1. The van der Waals surface area contributed by atoms with Crippen LogP contribution in [0.3, 0.4) is 0 Å². The molecule has 7 nitrogen and oxygen atoms in total. The lowest BCUT2D eigenvalue weighted by atomic mass is 10.2. The molecular weight excluding hydrogens is 463 g/mol. The Hall–Kier alpha value is -2.00. The first-order valence-corrected chi connectivity index (χ1v) is 11.9. The van der Waals surface area contributed by atoms with Crippen molar-refractivity contribution in [2.45, 2.75) is 25.2 Å². The van der Waals surface area contributed by atoms with E-state index >= 15 is 0 Å². The van der Waals surface area contributed by atoms with Gasteiger partial charge in [0.15, 0.2) is 0 Å². The van der Waals surface area contributed by atoms with Gasteiger partial charge in [0.05, 0.1) is 12.8 Å². The van der Waals surface area contributed by atoms with Crippen LogP contribution in [0.15, 0.2) is 41.3 Å². The second kappa shape index (κ2) is 11.6. The number of hydrogen-bond acceptors (Lipinski definition) is 5. The van der Waals surface area contributed by atoms with Crippen LogP contribution in [0, 0.1) is 6.92 Å². The van der Waals surface area contributed by atoms with E-state index in [1.54, 1.807) is 19.1 Å². The van der Waals surface area contributed by atoms with Crippen LogP contribution < -0.4 is 14.4 Å². The molecule has 0 heterocycles. The zero-order valence-electron chi connectivity index (χ0n) is 17.7. The monoisotopic (exact) mass is 488 g/mol. The maximum Gasteiger partial charge on any atom is 0.268 e. The van der Waals surface area contributed by atoms with Crippen molar-refractivity contribution in [3.63, 3.8) is 0 Å². The fraction of sp³-hybridized carbons (Fsp3) is 0.381. The van der Waals surface area contributed by atoms with E-state index in [9.17, 15) is 13.2 Å². The van der Waals surface area contributed by atoms with Crippen molar-refractivity contribution in [1.29, 1.82) is 0 Å². The molecule has 0 aliphatic heterocycles. The molecule has 0 spiro atoms. The summed E-state index contributed by atoms with van der Waals surface area (Å²) in [5, 5.41) is 3.20. The highest BCUT2D eigenvalue weighted by Gasteiger charge is 2.30. The van der Waals surface area contributed by atoms with Crippen LogP contribution in [0.25, 0.3) is 0 Å². The topological polar surface area (TPSA) is 84.9 Å². The van der Waals surface area contributed by atoms with Crippen molar-refractivity contribution >= 4 is 44.8 Å². The SMILES string of the molecule is CCOCCCNC(=O)CN(c1cc(Cl)cc(Cl)c1)S(=O)(=O)c1cc(C)ccc1OC. The third kappa shape index (κ3) is 7.00. The number of ether oxygens (including phenoxy) is 2. The lowest BCUT2D eigenvalue weighted by molar-refractivity contribution is -0.119. The number of carbonyl (C=O) groups excluding carboxylic acids is 1. The van der Waals surface area contributed by atoms with Gasteiger partial charge < -0.3 is 14.8 Å². The Balaban J connectivity index is 2.40. The number of nitrogens with zero attached hydrogens (tertiary/aromatic N) is 1. The summed E-state index contributed by atoms with van der Waals surface area (Å²) in [4.78, 5) is 12.5. The Morgan fingerprint density at radius 2 is 1.81 bits per heavy atom. The van der Waals surface area contributed by atoms with E-state index in [1.807, 2.05) is 6.92 Å². The van der Waals surface area contributed by atoms with Gasteiger partial charge in [0, 0.05) is 29.8 Å². The quantitative estimate of drug-likeness (QED) is 0.482. The molecule has 0 unspecified atom stereocenters. The number of halogens is 2. The number of methoxy groups -OCH3 is 1. The molecule has 0 radical (unpaired) electrons. The van der Waals surface area contributed by atoms with Crippen molar-refractivity contribution < 1.29 is 22.7 Å². The smallest absolute Gasteiger partial charge is 0.268 e. The summed E-state index contributed by atoms with van der Waals surface area (Å²) in [6.45, 7) is 4.65. The molecule has 1 amide bonds. The van der Waals surface area contributed by atoms with Gasteiger partial charge in [-0.15, -0.1) is 0 Å². The summed E-state index contributed by atoms with van der Waals surface area (Å²) in [6.07, 6.45) is 0.612. The summed E-state index contributed by atoms with van der Waals surface area (Å²) in [7, 11) is -2.80. The predicted molar refractivity (Wildman–Crippen MR) is 123 cm³/mol. The molecule has 170 valence electrons. The number of hydrogen-bond donors (Lipinski definition) is 1. The van der Waals surface area contributed by atoms with Crippen LogP contribution in [0.2, 0.25) is 10.0 Å².